The number of rotatable bonds is 6. The van der Waals surface area contributed by atoms with E-state index in [0.717, 1.165) is 24.3 Å². The van der Waals surface area contributed by atoms with Gasteiger partial charge in [-0.15, -0.1) is 0 Å². The number of hydrogen-bond donors (Lipinski definition) is 2. The maximum absolute atomic E-state index is 12.7. The molecule has 32 heavy (non-hydrogen) atoms. The van der Waals surface area contributed by atoms with Gasteiger partial charge in [0.05, 0.1) is 21.8 Å². The minimum absolute atomic E-state index is 0.100. The number of carbonyl (C=O) groups is 1. The fraction of sp³-hybridized carbons (Fsp3) is 0.350. The second-order valence-electron chi connectivity index (χ2n) is 7.09. The molecule has 4 rings (SSSR count). The minimum atomic E-state index is -0.483. The molecule has 0 saturated carbocycles. The molecule has 2 aromatic heterocycles. The minimum Gasteiger partial charge on any atom is -0.489 e. The number of urea groups is 1. The highest BCUT2D eigenvalue weighted by molar-refractivity contribution is 7.99. The van der Waals surface area contributed by atoms with Gasteiger partial charge < -0.3 is 15.4 Å². The van der Waals surface area contributed by atoms with Crippen molar-refractivity contribution in [3.8, 4) is 11.7 Å². The van der Waals surface area contributed by atoms with E-state index in [9.17, 15) is 4.79 Å². The van der Waals surface area contributed by atoms with E-state index in [0.29, 0.717) is 33.3 Å². The fourth-order valence-electron chi connectivity index (χ4n) is 3.21. The normalized spacial score (nSPS) is 15.2. The molecule has 168 valence electrons. The van der Waals surface area contributed by atoms with Gasteiger partial charge >= 0.3 is 6.03 Å². The molecule has 1 aliphatic heterocycles. The van der Waals surface area contributed by atoms with Crippen molar-refractivity contribution in [2.24, 2.45) is 0 Å². The van der Waals surface area contributed by atoms with Crippen LogP contribution in [0.15, 0.2) is 36.9 Å². The van der Waals surface area contributed by atoms with E-state index in [2.05, 4.69) is 30.7 Å². The summed E-state index contributed by atoms with van der Waals surface area (Å²) in [5, 5.41) is 10.4. The third kappa shape index (κ3) is 5.43. The average molecular weight is 494 g/mol. The van der Waals surface area contributed by atoms with Crippen LogP contribution in [0.2, 0.25) is 10.0 Å². The van der Waals surface area contributed by atoms with Gasteiger partial charge in [0.1, 0.15) is 18.2 Å². The van der Waals surface area contributed by atoms with Crippen LogP contribution < -0.4 is 15.4 Å². The molecule has 1 fully saturated rings. The Labute approximate surface area is 199 Å². The lowest BCUT2D eigenvalue weighted by atomic mass is 10.2. The molecule has 12 heteroatoms. The molecular weight excluding hydrogens is 473 g/mol. The standard InChI is InChI=1S/C20H21Cl2N7O2S/c1-12(18-25-11-26-29(18)19-23-5-2-6-24-19)27-20(30)28-16-10-17(15(22)9-14(16)21)31-13-3-7-32-8-4-13/h2,5-6,9-13H,3-4,7-8H2,1H3,(H2,27,28,30)/t12-/m0/s1. The van der Waals surface area contributed by atoms with Crippen LogP contribution in [0.5, 0.6) is 5.75 Å². The quantitative estimate of drug-likeness (QED) is 0.519. The zero-order valence-electron chi connectivity index (χ0n) is 17.2. The van der Waals surface area contributed by atoms with Crippen molar-refractivity contribution in [2.45, 2.75) is 31.9 Å². The van der Waals surface area contributed by atoms with Crippen LogP contribution >= 0.6 is 35.0 Å². The summed E-state index contributed by atoms with van der Waals surface area (Å²) in [6.45, 7) is 1.78. The molecule has 3 heterocycles. The molecule has 0 bridgehead atoms. The molecule has 3 aromatic rings. The lowest BCUT2D eigenvalue weighted by molar-refractivity contribution is 0.192. The van der Waals surface area contributed by atoms with Gasteiger partial charge in [-0.1, -0.05) is 23.2 Å². The number of nitrogens with zero attached hydrogens (tertiary/aromatic N) is 5. The van der Waals surface area contributed by atoms with Crippen LogP contribution in [0, 0.1) is 0 Å². The summed E-state index contributed by atoms with van der Waals surface area (Å²) in [7, 11) is 0. The predicted molar refractivity (Wildman–Crippen MR) is 125 cm³/mol. The van der Waals surface area contributed by atoms with Gasteiger partial charge in [-0.05, 0) is 43.4 Å². The number of hydrogen-bond acceptors (Lipinski definition) is 7. The lowest BCUT2D eigenvalue weighted by Gasteiger charge is -2.24. The molecule has 0 spiro atoms. The molecule has 1 aliphatic rings. The van der Waals surface area contributed by atoms with Gasteiger partial charge in [-0.2, -0.15) is 21.5 Å². The zero-order valence-corrected chi connectivity index (χ0v) is 19.5. The van der Waals surface area contributed by atoms with Gasteiger partial charge in [0.15, 0.2) is 5.82 Å². The van der Waals surface area contributed by atoms with Crippen molar-refractivity contribution < 1.29 is 9.53 Å². The Morgan fingerprint density at radius 2 is 1.94 bits per heavy atom. The van der Waals surface area contributed by atoms with E-state index >= 15 is 0 Å². The van der Waals surface area contributed by atoms with Crippen molar-refractivity contribution in [2.75, 3.05) is 16.8 Å². The smallest absolute Gasteiger partial charge is 0.319 e. The Hall–Kier alpha value is -2.56. The van der Waals surface area contributed by atoms with Gasteiger partial charge in [0, 0.05) is 18.5 Å². The Morgan fingerprint density at radius 1 is 1.19 bits per heavy atom. The van der Waals surface area contributed by atoms with E-state index < -0.39 is 12.1 Å². The van der Waals surface area contributed by atoms with Crippen molar-refractivity contribution >= 4 is 46.7 Å². The molecule has 0 radical (unpaired) electrons. The molecule has 1 aromatic carbocycles. The van der Waals surface area contributed by atoms with E-state index in [-0.39, 0.29) is 6.10 Å². The van der Waals surface area contributed by atoms with Crippen LogP contribution in [-0.2, 0) is 0 Å². The first-order valence-corrected chi connectivity index (χ1v) is 11.9. The van der Waals surface area contributed by atoms with Crippen molar-refractivity contribution in [3.05, 3.63) is 52.8 Å². The number of halogens is 2. The second kappa shape index (κ2) is 10.4. The monoisotopic (exact) mass is 493 g/mol. The maximum Gasteiger partial charge on any atom is 0.319 e. The van der Waals surface area contributed by atoms with E-state index in [4.69, 9.17) is 27.9 Å². The fourth-order valence-corrected chi connectivity index (χ4v) is 4.75. The molecule has 0 unspecified atom stereocenters. The summed E-state index contributed by atoms with van der Waals surface area (Å²) in [6.07, 6.45) is 6.60. The van der Waals surface area contributed by atoms with Crippen LogP contribution in [0.3, 0.4) is 0 Å². The zero-order chi connectivity index (χ0) is 22.5. The molecule has 0 aliphatic carbocycles. The number of amides is 2. The summed E-state index contributed by atoms with van der Waals surface area (Å²) in [4.78, 5) is 25.2. The summed E-state index contributed by atoms with van der Waals surface area (Å²) in [5.41, 5.74) is 0.397. The number of anilines is 1. The number of benzene rings is 1. The number of ether oxygens (including phenoxy) is 1. The number of thioether (sulfide) groups is 1. The largest absolute Gasteiger partial charge is 0.489 e. The number of carbonyl (C=O) groups excluding carboxylic acids is 1. The topological polar surface area (TPSA) is 107 Å². The lowest BCUT2D eigenvalue weighted by Crippen LogP contribution is -2.33. The number of aromatic nitrogens is 5. The Kier molecular flexibility index (Phi) is 7.33. The predicted octanol–water partition coefficient (Wildman–Crippen LogP) is 4.52. The maximum atomic E-state index is 12.7. The summed E-state index contributed by atoms with van der Waals surface area (Å²) < 4.78 is 7.52. The molecule has 2 N–H and O–H groups in total. The summed E-state index contributed by atoms with van der Waals surface area (Å²) in [5.74, 6) is 3.45. The Morgan fingerprint density at radius 3 is 2.69 bits per heavy atom. The first-order valence-electron chi connectivity index (χ1n) is 9.99. The van der Waals surface area contributed by atoms with Gasteiger partial charge in [0.2, 0.25) is 0 Å². The highest BCUT2D eigenvalue weighted by Gasteiger charge is 2.20. The Balaban J connectivity index is 1.44. The van der Waals surface area contributed by atoms with E-state index in [1.165, 1.54) is 11.0 Å². The SMILES string of the molecule is C[C@H](NC(=O)Nc1cc(OC2CCSCC2)c(Cl)cc1Cl)c1ncnn1-c1ncccn1. The van der Waals surface area contributed by atoms with Gasteiger partial charge in [-0.25, -0.2) is 19.7 Å². The molecule has 9 nitrogen and oxygen atoms in total. The van der Waals surface area contributed by atoms with Crippen molar-refractivity contribution in [3.63, 3.8) is 0 Å². The molecule has 2 amide bonds. The number of nitrogens with one attached hydrogen (secondary N) is 2. The van der Waals surface area contributed by atoms with Crippen LogP contribution in [0.25, 0.3) is 5.95 Å². The Bertz CT molecular complexity index is 1080. The molecular formula is C20H21Cl2N7O2S. The van der Waals surface area contributed by atoms with Crippen molar-refractivity contribution in [1.29, 1.82) is 0 Å². The third-order valence-electron chi connectivity index (χ3n) is 4.78. The average Bonchev–Trinajstić information content (AvgIpc) is 3.28. The van der Waals surface area contributed by atoms with Crippen LogP contribution in [0.4, 0.5) is 10.5 Å². The van der Waals surface area contributed by atoms with Crippen molar-refractivity contribution in [1.82, 2.24) is 30.0 Å². The summed E-state index contributed by atoms with van der Waals surface area (Å²) in [6, 6.07) is 3.97. The first-order chi connectivity index (χ1) is 15.5. The van der Waals surface area contributed by atoms with E-state index in [1.54, 1.807) is 37.5 Å². The van der Waals surface area contributed by atoms with Gasteiger partial charge in [0.25, 0.3) is 5.95 Å². The highest BCUT2D eigenvalue weighted by Crippen LogP contribution is 2.36. The van der Waals surface area contributed by atoms with Gasteiger partial charge in [-0.3, -0.25) is 0 Å². The first kappa shape index (κ1) is 22.6. The molecule has 1 saturated heterocycles. The second-order valence-corrected chi connectivity index (χ2v) is 9.13. The third-order valence-corrected chi connectivity index (χ3v) is 6.44. The molecule has 1 atom stereocenters. The highest BCUT2D eigenvalue weighted by atomic mass is 35.5. The summed E-state index contributed by atoms with van der Waals surface area (Å²) >= 11 is 14.5. The van der Waals surface area contributed by atoms with E-state index in [1.807, 2.05) is 11.8 Å². The van der Waals surface area contributed by atoms with Crippen LogP contribution in [-0.4, -0.2) is 48.4 Å². The van der Waals surface area contributed by atoms with Crippen LogP contribution in [0.1, 0.15) is 31.6 Å².